The van der Waals surface area contributed by atoms with Gasteiger partial charge in [0.25, 0.3) is 0 Å². The van der Waals surface area contributed by atoms with E-state index in [9.17, 15) is 9.90 Å². The van der Waals surface area contributed by atoms with Gasteiger partial charge in [-0.25, -0.2) is 0 Å². The van der Waals surface area contributed by atoms with Gasteiger partial charge in [-0.15, -0.1) is 0 Å². The van der Waals surface area contributed by atoms with E-state index in [4.69, 9.17) is 14.2 Å². The SMILES string of the molecule is C/C(=C/C(C)C)CC(C)C.CC(=O)O[C@@H](C(C)C)C(C)CC(C)C.CC(C)CC(C)[C@@H](O)C(C)C.CCO[C@@H](C(C)C)[C@H](C)CC(C)C.CO[C@@H](C(C)C)C(C)CC(C)C. The fourth-order valence-electron chi connectivity index (χ4n) is 8.92. The smallest absolute Gasteiger partial charge is 0.302 e. The highest BCUT2D eigenvalue weighted by Crippen LogP contribution is 2.25. The largest absolute Gasteiger partial charge is 0.462 e. The number of esters is 1. The Morgan fingerprint density at radius 1 is 0.483 bits per heavy atom. The van der Waals surface area contributed by atoms with Crippen LogP contribution in [0.25, 0.3) is 0 Å². The van der Waals surface area contributed by atoms with Gasteiger partial charge in [-0.2, -0.15) is 0 Å². The number of carbonyl (C=O) groups excluding carboxylic acids is 1. The lowest BCUT2D eigenvalue weighted by Crippen LogP contribution is -2.30. The van der Waals surface area contributed by atoms with Crippen LogP contribution in [0.1, 0.15) is 219 Å². The molecule has 0 aromatic heterocycles. The van der Waals surface area contributed by atoms with E-state index in [-0.39, 0.29) is 18.2 Å². The molecule has 0 aromatic carbocycles. The Morgan fingerprint density at radius 3 is 1.07 bits per heavy atom. The average molecular weight is 858 g/mol. The molecule has 0 saturated heterocycles. The van der Waals surface area contributed by atoms with Crippen molar-refractivity contribution < 1.29 is 24.1 Å². The van der Waals surface area contributed by atoms with Gasteiger partial charge in [0.1, 0.15) is 6.10 Å². The molecule has 0 heterocycles. The predicted octanol–water partition coefficient (Wildman–Crippen LogP) is 16.6. The van der Waals surface area contributed by atoms with Gasteiger partial charge < -0.3 is 19.3 Å². The maximum absolute atomic E-state index is 10.9. The van der Waals surface area contributed by atoms with Crippen molar-refractivity contribution in [3.63, 3.8) is 0 Å². The summed E-state index contributed by atoms with van der Waals surface area (Å²) in [6.07, 6.45) is 9.15. The van der Waals surface area contributed by atoms with E-state index < -0.39 is 0 Å². The van der Waals surface area contributed by atoms with Crippen molar-refractivity contribution in [3.8, 4) is 0 Å². The van der Waals surface area contributed by atoms with Crippen LogP contribution in [0.3, 0.4) is 0 Å². The molecular formula is C55H116O5. The number of rotatable bonds is 23. The minimum atomic E-state index is -0.167. The summed E-state index contributed by atoms with van der Waals surface area (Å²) in [5.74, 6) is 8.53. The molecule has 0 aliphatic rings. The molecule has 1 N–H and O–H groups in total. The zero-order valence-corrected chi connectivity index (χ0v) is 46.3. The van der Waals surface area contributed by atoms with Crippen LogP contribution in [0.2, 0.25) is 0 Å². The van der Waals surface area contributed by atoms with Gasteiger partial charge in [-0.3, -0.25) is 4.79 Å². The first-order valence-electron chi connectivity index (χ1n) is 25.0. The van der Waals surface area contributed by atoms with Crippen LogP contribution in [0, 0.1) is 82.9 Å². The number of allylic oxidation sites excluding steroid dienone is 2. The van der Waals surface area contributed by atoms with E-state index in [2.05, 4.69) is 186 Å². The third kappa shape index (κ3) is 43.7. The quantitative estimate of drug-likeness (QED) is 0.0819. The maximum Gasteiger partial charge on any atom is 0.302 e. The number of aliphatic hydroxyl groups is 1. The molecule has 0 saturated carbocycles. The summed E-state index contributed by atoms with van der Waals surface area (Å²) in [5.41, 5.74) is 1.53. The summed E-state index contributed by atoms with van der Waals surface area (Å²) < 4.78 is 16.6. The Balaban J connectivity index is -0.000000211. The topological polar surface area (TPSA) is 65.0 Å². The van der Waals surface area contributed by atoms with Crippen molar-refractivity contribution in [1.29, 1.82) is 0 Å². The van der Waals surface area contributed by atoms with Crippen molar-refractivity contribution in [1.82, 2.24) is 0 Å². The van der Waals surface area contributed by atoms with Crippen LogP contribution >= 0.6 is 0 Å². The molecule has 0 radical (unpaired) electrons. The standard InChI is InChI=1S/C12H24O2.C12H26O.C11H24O.C10H22O.C10H20/c1-8(2)7-10(5)12(9(3)4)14-11(6)13;1-7-13-12(10(4)5)11(6)8-9(2)3;1-8(2)7-10(5)11(12-6)9(3)4;1-7(2)6-9(5)10(11)8(3)4;1-8(2)6-10(5)7-9(3)4/h8-10,12H,7H2,1-6H3;9-12H,7-8H2,1-6H3;8-11H,7H2,1-6H3;7-11H,6H2,1-5H3;6,8-9H,7H2,1-5H3/b;;;;10-6-/t10?,12-;11-,12+;10?,11-;9?,10-;/m0100./s1. The first kappa shape index (κ1) is 68.2. The van der Waals surface area contributed by atoms with Crippen LogP contribution in [0.4, 0.5) is 0 Å². The van der Waals surface area contributed by atoms with Crippen molar-refractivity contribution in [3.05, 3.63) is 11.6 Å². The molecule has 3 unspecified atom stereocenters. The minimum absolute atomic E-state index is 0.0647. The second kappa shape index (κ2) is 39.7. The van der Waals surface area contributed by atoms with E-state index in [0.29, 0.717) is 77.3 Å². The molecule has 5 heteroatoms. The van der Waals surface area contributed by atoms with Crippen LogP contribution in [0.5, 0.6) is 0 Å². The Hall–Kier alpha value is -0.910. The van der Waals surface area contributed by atoms with Crippen molar-refractivity contribution in [2.45, 2.75) is 243 Å². The number of ether oxygens (including phenoxy) is 3. The monoisotopic (exact) mass is 857 g/mol. The lowest BCUT2D eigenvalue weighted by molar-refractivity contribution is -0.151. The number of aliphatic hydroxyl groups excluding tert-OH is 1. The molecule has 0 aromatic rings. The number of carbonyl (C=O) groups is 1. The Morgan fingerprint density at radius 2 is 0.817 bits per heavy atom. The van der Waals surface area contributed by atoms with Gasteiger partial charge in [-0.05, 0) is 129 Å². The summed E-state index contributed by atoms with van der Waals surface area (Å²) >= 11 is 0. The second-order valence-corrected chi connectivity index (χ2v) is 22.4. The molecule has 60 heavy (non-hydrogen) atoms. The zero-order valence-electron chi connectivity index (χ0n) is 46.3. The molecule has 0 bridgehead atoms. The summed E-state index contributed by atoms with van der Waals surface area (Å²) in [6, 6.07) is 0. The second-order valence-electron chi connectivity index (χ2n) is 22.4. The van der Waals surface area contributed by atoms with E-state index in [1.807, 2.05) is 7.11 Å². The van der Waals surface area contributed by atoms with Gasteiger partial charge in [0.2, 0.25) is 0 Å². The van der Waals surface area contributed by atoms with Crippen molar-refractivity contribution in [2.75, 3.05) is 13.7 Å². The van der Waals surface area contributed by atoms with Crippen molar-refractivity contribution in [2.24, 2.45) is 82.9 Å². The van der Waals surface area contributed by atoms with Gasteiger partial charge in [0, 0.05) is 20.6 Å². The molecule has 366 valence electrons. The molecule has 0 aliphatic carbocycles. The third-order valence-electron chi connectivity index (χ3n) is 10.6. The lowest BCUT2D eigenvalue weighted by Gasteiger charge is -2.28. The normalized spacial score (nSPS) is 16.1. The molecule has 5 nitrogen and oxygen atoms in total. The van der Waals surface area contributed by atoms with Gasteiger partial charge in [-0.1, -0.05) is 178 Å². The highest BCUT2D eigenvalue weighted by molar-refractivity contribution is 5.66. The first-order valence-corrected chi connectivity index (χ1v) is 25.0. The summed E-state index contributed by atoms with van der Waals surface area (Å²) in [7, 11) is 1.82. The molecule has 8 atom stereocenters. The van der Waals surface area contributed by atoms with Crippen LogP contribution in [0.15, 0.2) is 11.6 Å². The maximum atomic E-state index is 10.9. The zero-order chi connectivity index (χ0) is 48.6. The Kier molecular flexibility index (Phi) is 45.1. The van der Waals surface area contributed by atoms with Gasteiger partial charge in [0.05, 0.1) is 18.3 Å². The molecular weight excluding hydrogens is 741 g/mol. The minimum Gasteiger partial charge on any atom is -0.462 e. The molecule has 0 fully saturated rings. The Bertz CT molecular complexity index is 960. The van der Waals surface area contributed by atoms with Crippen LogP contribution < -0.4 is 0 Å². The summed E-state index contributed by atoms with van der Waals surface area (Å²) in [5, 5.41) is 9.64. The highest BCUT2D eigenvalue weighted by Gasteiger charge is 2.25. The number of methoxy groups -OCH3 is 1. The average Bonchev–Trinajstić information content (AvgIpc) is 3.04. The van der Waals surface area contributed by atoms with Crippen LogP contribution in [-0.2, 0) is 19.0 Å². The third-order valence-corrected chi connectivity index (χ3v) is 10.6. The highest BCUT2D eigenvalue weighted by atomic mass is 16.5. The lowest BCUT2D eigenvalue weighted by atomic mass is 9.88. The van der Waals surface area contributed by atoms with Gasteiger partial charge >= 0.3 is 5.97 Å². The first-order chi connectivity index (χ1) is 27.3. The molecule has 0 spiro atoms. The Labute approximate surface area is 380 Å². The van der Waals surface area contributed by atoms with Gasteiger partial charge in [0.15, 0.2) is 0 Å². The predicted molar refractivity (Wildman–Crippen MR) is 270 cm³/mol. The fourth-order valence-corrected chi connectivity index (χ4v) is 8.92. The number of hydrogen-bond acceptors (Lipinski definition) is 5. The van der Waals surface area contributed by atoms with Crippen LogP contribution in [-0.4, -0.2) is 49.2 Å². The van der Waals surface area contributed by atoms with E-state index >= 15 is 0 Å². The summed E-state index contributed by atoms with van der Waals surface area (Å²) in [6.45, 7) is 59.7. The molecule has 0 aliphatic heterocycles. The molecule has 0 rings (SSSR count). The number of hydrogen-bond donors (Lipinski definition) is 1. The van der Waals surface area contributed by atoms with E-state index in [1.165, 1.54) is 31.8 Å². The van der Waals surface area contributed by atoms with Crippen molar-refractivity contribution >= 4 is 5.97 Å². The van der Waals surface area contributed by atoms with E-state index in [1.54, 1.807) is 0 Å². The summed E-state index contributed by atoms with van der Waals surface area (Å²) in [4.78, 5) is 10.9. The molecule has 0 amide bonds. The van der Waals surface area contributed by atoms with E-state index in [0.717, 1.165) is 37.2 Å². The fraction of sp³-hybridized carbons (Fsp3) is 0.945.